The molecule has 0 fully saturated rings. The molecule has 0 N–H and O–H groups in total. The molecule has 0 amide bonds. The summed E-state index contributed by atoms with van der Waals surface area (Å²) in [5.74, 6) is 1.16. The number of alkyl halides is 3. The zero-order chi connectivity index (χ0) is 6.78. The third-order valence-corrected chi connectivity index (χ3v) is 2.09. The van der Waals surface area contributed by atoms with E-state index in [-0.39, 0.29) is 0 Å². The molecule has 0 aromatic heterocycles. The topological polar surface area (TPSA) is 0 Å². The van der Waals surface area contributed by atoms with Crippen LogP contribution in [0.15, 0.2) is 0 Å². The van der Waals surface area contributed by atoms with E-state index >= 15 is 0 Å². The van der Waals surface area contributed by atoms with Crippen molar-refractivity contribution in [3.8, 4) is 0 Å². The third kappa shape index (κ3) is 3.24. The van der Waals surface area contributed by atoms with Gasteiger partial charge in [-0.2, -0.15) is 0 Å². The van der Waals surface area contributed by atoms with Crippen LogP contribution in [0.5, 0.6) is 0 Å². The molecule has 0 nitrogen and oxygen atoms in total. The Morgan fingerprint density at radius 2 is 1.88 bits per heavy atom. The minimum absolute atomic E-state index is 0.618. The molecular formula is C4H4Cl4. The van der Waals surface area contributed by atoms with Gasteiger partial charge in [0.05, 0.1) is 11.3 Å². The summed E-state index contributed by atoms with van der Waals surface area (Å²) in [6.07, 6.45) is 0. The first-order valence-electron chi connectivity index (χ1n) is 1.79. The lowest BCUT2D eigenvalue weighted by molar-refractivity contribution is 0.962. The molecule has 8 heavy (non-hydrogen) atoms. The largest absolute Gasteiger partial charge is 0.136 e. The molecule has 0 heterocycles. The van der Waals surface area contributed by atoms with E-state index in [1.54, 1.807) is 0 Å². The van der Waals surface area contributed by atoms with E-state index in [2.05, 4.69) is 6.92 Å². The highest BCUT2D eigenvalue weighted by molar-refractivity contribution is 6.54. The van der Waals surface area contributed by atoms with Crippen LogP contribution >= 0.6 is 46.4 Å². The summed E-state index contributed by atoms with van der Waals surface area (Å²) in [6, 6.07) is 0. The average Bonchev–Trinajstić information content (AvgIpc) is 1.62. The maximum absolute atomic E-state index is 5.43. The Kier molecular flexibility index (Phi) is 3.85. The molecule has 4 heteroatoms. The molecule has 0 spiro atoms. The van der Waals surface area contributed by atoms with E-state index in [9.17, 15) is 0 Å². The Morgan fingerprint density at radius 1 is 1.50 bits per heavy atom. The second kappa shape index (κ2) is 3.36. The van der Waals surface area contributed by atoms with Crippen molar-refractivity contribution in [2.75, 3.05) is 0 Å². The average molecular weight is 194 g/mol. The van der Waals surface area contributed by atoms with Crippen molar-refractivity contribution in [1.82, 2.24) is 0 Å². The van der Waals surface area contributed by atoms with Gasteiger partial charge in [-0.3, -0.25) is 0 Å². The number of rotatable bonds is 2. The molecule has 0 aliphatic carbocycles. The lowest BCUT2D eigenvalue weighted by Crippen LogP contribution is -2.21. The standard InChI is InChI=1S/C4H4Cl4/c1-4(7,8)3(6)2-5/h2-3H,1H2. The molecule has 0 saturated heterocycles. The van der Waals surface area contributed by atoms with Crippen molar-refractivity contribution >= 4 is 46.4 Å². The summed E-state index contributed by atoms with van der Waals surface area (Å²) in [5, 5.41) is -0.618. The molecule has 0 aromatic carbocycles. The van der Waals surface area contributed by atoms with Crippen molar-refractivity contribution in [2.45, 2.75) is 9.71 Å². The van der Waals surface area contributed by atoms with Gasteiger partial charge < -0.3 is 0 Å². The van der Waals surface area contributed by atoms with Crippen molar-refractivity contribution < 1.29 is 0 Å². The Bertz CT molecular complexity index is 64.9. The van der Waals surface area contributed by atoms with Crippen LogP contribution in [0.2, 0.25) is 0 Å². The quantitative estimate of drug-likeness (QED) is 0.592. The molecule has 0 rings (SSSR count). The predicted molar refractivity (Wildman–Crippen MR) is 39.6 cm³/mol. The van der Waals surface area contributed by atoms with Gasteiger partial charge in [-0.25, -0.2) is 0 Å². The predicted octanol–water partition coefficient (Wildman–Crippen LogP) is 3.00. The SMILES string of the molecule is [CH2]C(Cl)(Cl)C(Cl)[CH]Cl. The van der Waals surface area contributed by atoms with Gasteiger partial charge in [0.25, 0.3) is 0 Å². The van der Waals surface area contributed by atoms with Crippen molar-refractivity contribution in [3.05, 3.63) is 12.8 Å². The highest BCUT2D eigenvalue weighted by Crippen LogP contribution is 2.30. The van der Waals surface area contributed by atoms with Crippen molar-refractivity contribution in [1.29, 1.82) is 0 Å². The Hall–Kier alpha value is 1.16. The molecule has 2 radical (unpaired) electrons. The van der Waals surface area contributed by atoms with Crippen LogP contribution in [0.4, 0.5) is 0 Å². The second-order valence-electron chi connectivity index (χ2n) is 1.29. The molecule has 0 saturated carbocycles. The van der Waals surface area contributed by atoms with E-state index in [1.165, 1.54) is 0 Å². The molecule has 0 aliphatic rings. The smallest absolute Gasteiger partial charge is 0.120 e. The Balaban J connectivity index is 3.62. The van der Waals surface area contributed by atoms with E-state index in [1.807, 2.05) is 0 Å². The molecule has 1 unspecified atom stereocenters. The summed E-state index contributed by atoms with van der Waals surface area (Å²) >= 11 is 21.4. The maximum Gasteiger partial charge on any atom is 0.136 e. The van der Waals surface area contributed by atoms with Gasteiger partial charge in [0.1, 0.15) is 4.33 Å². The number of hydrogen-bond donors (Lipinski definition) is 0. The first-order valence-corrected chi connectivity index (χ1v) is 3.42. The van der Waals surface area contributed by atoms with E-state index in [0.29, 0.717) is 0 Å². The highest BCUT2D eigenvalue weighted by Gasteiger charge is 2.26. The molecule has 0 bridgehead atoms. The van der Waals surface area contributed by atoms with Crippen molar-refractivity contribution in [3.63, 3.8) is 0 Å². The van der Waals surface area contributed by atoms with Gasteiger partial charge >= 0.3 is 0 Å². The van der Waals surface area contributed by atoms with Crippen LogP contribution in [0, 0.1) is 12.8 Å². The Morgan fingerprint density at radius 3 is 1.88 bits per heavy atom. The van der Waals surface area contributed by atoms with Gasteiger partial charge in [-0.1, -0.05) is 23.2 Å². The fourth-order valence-corrected chi connectivity index (χ4v) is 0.562. The van der Waals surface area contributed by atoms with Gasteiger partial charge in [0.2, 0.25) is 0 Å². The monoisotopic (exact) mass is 192 g/mol. The molecule has 0 aromatic rings. The molecule has 0 aliphatic heterocycles. The minimum atomic E-state index is -1.22. The first kappa shape index (κ1) is 9.16. The molecule has 1 atom stereocenters. The summed E-state index contributed by atoms with van der Waals surface area (Å²) in [4.78, 5) is 0. The number of halogens is 4. The molecular weight excluding hydrogens is 190 g/mol. The summed E-state index contributed by atoms with van der Waals surface area (Å²) in [7, 11) is 0. The first-order chi connectivity index (χ1) is 3.48. The number of hydrogen-bond acceptors (Lipinski definition) is 0. The van der Waals surface area contributed by atoms with Gasteiger partial charge in [0, 0.05) is 0 Å². The normalized spacial score (nSPS) is 16.1. The van der Waals surface area contributed by atoms with Crippen LogP contribution < -0.4 is 0 Å². The summed E-state index contributed by atoms with van der Waals surface area (Å²) in [6.45, 7) is 3.32. The van der Waals surface area contributed by atoms with Crippen molar-refractivity contribution in [2.24, 2.45) is 0 Å². The molecule has 48 valence electrons. The van der Waals surface area contributed by atoms with E-state index < -0.39 is 9.71 Å². The fraction of sp³-hybridized carbons (Fsp3) is 0.500. The van der Waals surface area contributed by atoms with Gasteiger partial charge in [-0.05, 0) is 6.92 Å². The van der Waals surface area contributed by atoms with Gasteiger partial charge in [0.15, 0.2) is 0 Å². The fourth-order valence-electron chi connectivity index (χ4n) is 0.0922. The zero-order valence-corrected chi connectivity index (χ0v) is 6.90. The summed E-state index contributed by atoms with van der Waals surface area (Å²) in [5.41, 5.74) is 0. The van der Waals surface area contributed by atoms with E-state index in [0.717, 1.165) is 5.88 Å². The van der Waals surface area contributed by atoms with Crippen LogP contribution in [0.1, 0.15) is 0 Å². The van der Waals surface area contributed by atoms with Crippen LogP contribution in [0.3, 0.4) is 0 Å². The highest BCUT2D eigenvalue weighted by atomic mass is 35.5. The van der Waals surface area contributed by atoms with E-state index in [4.69, 9.17) is 46.4 Å². The van der Waals surface area contributed by atoms with Gasteiger partial charge in [-0.15, -0.1) is 23.2 Å². The van der Waals surface area contributed by atoms with Crippen LogP contribution in [0.25, 0.3) is 0 Å². The lowest BCUT2D eigenvalue weighted by Gasteiger charge is -2.15. The second-order valence-corrected chi connectivity index (χ2v) is 3.55. The minimum Gasteiger partial charge on any atom is -0.120 e. The third-order valence-electron chi connectivity index (χ3n) is 0.514. The lowest BCUT2D eigenvalue weighted by atomic mass is 10.3. The summed E-state index contributed by atoms with van der Waals surface area (Å²) < 4.78 is -1.22. The van der Waals surface area contributed by atoms with Crippen LogP contribution in [-0.2, 0) is 0 Å². The Labute approximate surface area is 69.0 Å². The van der Waals surface area contributed by atoms with Crippen LogP contribution in [-0.4, -0.2) is 9.71 Å². The zero-order valence-electron chi connectivity index (χ0n) is 3.87. The maximum atomic E-state index is 5.43.